The van der Waals surface area contributed by atoms with Gasteiger partial charge in [-0.05, 0) is 26.8 Å². The maximum Gasteiger partial charge on any atom is 0.318 e. The zero-order valence-electron chi connectivity index (χ0n) is 14.1. The Labute approximate surface area is 135 Å². The Morgan fingerprint density at radius 1 is 1.32 bits per heavy atom. The van der Waals surface area contributed by atoms with Crippen LogP contribution < -0.4 is 5.32 Å². The van der Waals surface area contributed by atoms with Crippen LogP contribution >= 0.6 is 0 Å². The maximum atomic E-state index is 12.5. The summed E-state index contributed by atoms with van der Waals surface area (Å²) < 4.78 is 0. The molecule has 1 heterocycles. The third kappa shape index (κ3) is 4.89. The monoisotopic (exact) mass is 306 g/mol. The SMILES string of the molecule is C#CCN(C(=O)N[C@@H](C)CN1CCN(C)CC1)C1CCCC1. The van der Waals surface area contributed by atoms with E-state index in [0.29, 0.717) is 12.6 Å². The van der Waals surface area contributed by atoms with Crippen molar-refractivity contribution in [2.24, 2.45) is 0 Å². The van der Waals surface area contributed by atoms with Gasteiger partial charge in [-0.3, -0.25) is 4.90 Å². The summed E-state index contributed by atoms with van der Waals surface area (Å²) in [5.74, 6) is 2.63. The van der Waals surface area contributed by atoms with Crippen molar-refractivity contribution in [3.05, 3.63) is 0 Å². The molecule has 124 valence electrons. The fraction of sp³-hybridized carbons (Fsp3) is 0.824. The van der Waals surface area contributed by atoms with Crippen molar-refractivity contribution in [2.75, 3.05) is 46.3 Å². The molecule has 1 aliphatic heterocycles. The number of hydrogen-bond donors (Lipinski definition) is 1. The van der Waals surface area contributed by atoms with Crippen LogP contribution in [0, 0.1) is 12.3 Å². The second-order valence-corrected chi connectivity index (χ2v) is 6.72. The van der Waals surface area contributed by atoms with Crippen LogP contribution in [0.15, 0.2) is 0 Å². The molecular formula is C17H30N4O. The van der Waals surface area contributed by atoms with Crippen molar-refractivity contribution < 1.29 is 4.79 Å². The van der Waals surface area contributed by atoms with Crippen molar-refractivity contribution >= 4 is 6.03 Å². The predicted octanol–water partition coefficient (Wildman–Crippen LogP) is 1.21. The van der Waals surface area contributed by atoms with Crippen LogP contribution in [-0.2, 0) is 0 Å². The number of piperazine rings is 1. The molecule has 1 atom stereocenters. The molecule has 0 aromatic rings. The number of amides is 2. The van der Waals surface area contributed by atoms with Crippen molar-refractivity contribution in [2.45, 2.75) is 44.7 Å². The fourth-order valence-corrected chi connectivity index (χ4v) is 3.44. The molecule has 0 bridgehead atoms. The van der Waals surface area contributed by atoms with E-state index < -0.39 is 0 Å². The Kier molecular flexibility index (Phi) is 6.53. The van der Waals surface area contributed by atoms with Gasteiger partial charge in [0.25, 0.3) is 0 Å². The van der Waals surface area contributed by atoms with E-state index >= 15 is 0 Å². The van der Waals surface area contributed by atoms with Crippen LogP contribution in [0.4, 0.5) is 4.79 Å². The maximum absolute atomic E-state index is 12.5. The number of terminal acetylenes is 1. The van der Waals surface area contributed by atoms with Crippen molar-refractivity contribution in [1.82, 2.24) is 20.0 Å². The zero-order chi connectivity index (χ0) is 15.9. The number of nitrogens with one attached hydrogen (secondary N) is 1. The summed E-state index contributed by atoms with van der Waals surface area (Å²) in [7, 11) is 2.15. The highest BCUT2D eigenvalue weighted by atomic mass is 16.2. The van der Waals surface area contributed by atoms with E-state index in [-0.39, 0.29) is 12.1 Å². The lowest BCUT2D eigenvalue weighted by atomic mass is 10.2. The number of carbonyl (C=O) groups excluding carboxylic acids is 1. The van der Waals surface area contributed by atoms with Gasteiger partial charge in [0.2, 0.25) is 0 Å². The second-order valence-electron chi connectivity index (χ2n) is 6.72. The van der Waals surface area contributed by atoms with Gasteiger partial charge in [-0.1, -0.05) is 18.8 Å². The second kappa shape index (κ2) is 8.40. The molecule has 2 aliphatic rings. The Bertz CT molecular complexity index is 392. The normalized spacial score (nSPS) is 22.2. The van der Waals surface area contributed by atoms with Gasteiger partial charge in [-0.2, -0.15) is 0 Å². The molecule has 0 aromatic carbocycles. The van der Waals surface area contributed by atoms with Gasteiger partial charge < -0.3 is 15.1 Å². The lowest BCUT2D eigenvalue weighted by Crippen LogP contribution is -2.53. The number of rotatable bonds is 5. The van der Waals surface area contributed by atoms with Gasteiger partial charge in [0.15, 0.2) is 0 Å². The van der Waals surface area contributed by atoms with E-state index in [1.165, 1.54) is 12.8 Å². The van der Waals surface area contributed by atoms with Gasteiger partial charge in [-0.15, -0.1) is 6.42 Å². The van der Waals surface area contributed by atoms with E-state index in [2.05, 4.69) is 35.0 Å². The Hall–Kier alpha value is -1.25. The minimum absolute atomic E-state index is 0.00600. The molecule has 2 rings (SSSR count). The summed E-state index contributed by atoms with van der Waals surface area (Å²) in [4.78, 5) is 19.1. The topological polar surface area (TPSA) is 38.8 Å². The molecule has 2 fully saturated rings. The summed E-state index contributed by atoms with van der Waals surface area (Å²) in [5.41, 5.74) is 0. The molecule has 0 spiro atoms. The standard InChI is InChI=1S/C17H30N4O/c1-4-9-21(16-7-5-6-8-16)17(22)18-15(2)14-20-12-10-19(3)11-13-20/h1,15-16H,5-14H2,2-3H3,(H,18,22)/t15-/m0/s1. The van der Waals surface area contributed by atoms with Crippen LogP contribution in [0.5, 0.6) is 0 Å². The molecule has 0 unspecified atom stereocenters. The average molecular weight is 306 g/mol. The molecule has 0 radical (unpaired) electrons. The Morgan fingerprint density at radius 2 is 1.95 bits per heavy atom. The number of urea groups is 1. The molecule has 22 heavy (non-hydrogen) atoms. The molecule has 1 N–H and O–H groups in total. The van der Waals surface area contributed by atoms with Crippen molar-refractivity contribution in [3.63, 3.8) is 0 Å². The predicted molar refractivity (Wildman–Crippen MR) is 89.7 cm³/mol. The van der Waals surface area contributed by atoms with E-state index in [9.17, 15) is 4.79 Å². The first-order valence-corrected chi connectivity index (χ1v) is 8.51. The summed E-state index contributed by atoms with van der Waals surface area (Å²) in [6.45, 7) is 7.77. The van der Waals surface area contributed by atoms with Gasteiger partial charge in [0, 0.05) is 44.8 Å². The fourth-order valence-electron chi connectivity index (χ4n) is 3.44. The molecular weight excluding hydrogens is 276 g/mol. The van der Waals surface area contributed by atoms with Crippen LogP contribution in [0.2, 0.25) is 0 Å². The van der Waals surface area contributed by atoms with Gasteiger partial charge in [0.1, 0.15) is 0 Å². The number of likely N-dealkylation sites (N-methyl/N-ethyl adjacent to an activating group) is 1. The molecule has 0 aromatic heterocycles. The molecule has 5 nitrogen and oxygen atoms in total. The van der Waals surface area contributed by atoms with E-state index in [4.69, 9.17) is 6.42 Å². The molecule has 1 saturated heterocycles. The van der Waals surface area contributed by atoms with Crippen LogP contribution in [0.25, 0.3) is 0 Å². The summed E-state index contributed by atoms with van der Waals surface area (Å²) in [5, 5.41) is 3.14. The summed E-state index contributed by atoms with van der Waals surface area (Å²) >= 11 is 0. The number of carbonyl (C=O) groups is 1. The smallest absolute Gasteiger partial charge is 0.318 e. The van der Waals surface area contributed by atoms with E-state index in [1.807, 2.05) is 4.90 Å². The Morgan fingerprint density at radius 3 is 2.55 bits per heavy atom. The van der Waals surface area contributed by atoms with E-state index in [0.717, 1.165) is 45.6 Å². The average Bonchev–Trinajstić information content (AvgIpc) is 3.01. The van der Waals surface area contributed by atoms with Crippen molar-refractivity contribution in [1.29, 1.82) is 0 Å². The van der Waals surface area contributed by atoms with Crippen molar-refractivity contribution in [3.8, 4) is 12.3 Å². The van der Waals surface area contributed by atoms with Crippen LogP contribution in [-0.4, -0.2) is 79.1 Å². The minimum atomic E-state index is 0.00600. The summed E-state index contributed by atoms with van der Waals surface area (Å²) in [6, 6.07) is 0.482. The third-order valence-corrected chi connectivity index (χ3v) is 4.79. The molecule has 2 amide bonds. The summed E-state index contributed by atoms with van der Waals surface area (Å²) in [6.07, 6.45) is 10.0. The minimum Gasteiger partial charge on any atom is -0.334 e. The first-order chi connectivity index (χ1) is 10.6. The zero-order valence-corrected chi connectivity index (χ0v) is 14.1. The Balaban J connectivity index is 1.79. The first-order valence-electron chi connectivity index (χ1n) is 8.51. The van der Waals surface area contributed by atoms with E-state index in [1.54, 1.807) is 0 Å². The lowest BCUT2D eigenvalue weighted by molar-refractivity contribution is 0.140. The van der Waals surface area contributed by atoms with Gasteiger partial charge >= 0.3 is 6.03 Å². The highest BCUT2D eigenvalue weighted by Crippen LogP contribution is 2.23. The highest BCUT2D eigenvalue weighted by molar-refractivity contribution is 5.75. The molecule has 5 heteroatoms. The largest absolute Gasteiger partial charge is 0.334 e. The third-order valence-electron chi connectivity index (χ3n) is 4.79. The quantitative estimate of drug-likeness (QED) is 0.776. The number of nitrogens with zero attached hydrogens (tertiary/aromatic N) is 3. The number of hydrogen-bond acceptors (Lipinski definition) is 3. The first kappa shape index (κ1) is 17.1. The highest BCUT2D eigenvalue weighted by Gasteiger charge is 2.27. The van der Waals surface area contributed by atoms with Crippen LogP contribution in [0.3, 0.4) is 0 Å². The van der Waals surface area contributed by atoms with Gasteiger partial charge in [0.05, 0.1) is 6.54 Å². The lowest BCUT2D eigenvalue weighted by Gasteiger charge is -2.35. The molecule has 1 aliphatic carbocycles. The van der Waals surface area contributed by atoms with Gasteiger partial charge in [-0.25, -0.2) is 4.79 Å². The van der Waals surface area contributed by atoms with Crippen LogP contribution in [0.1, 0.15) is 32.6 Å². The molecule has 1 saturated carbocycles.